The summed E-state index contributed by atoms with van der Waals surface area (Å²) in [6.07, 6.45) is 3.86. The summed E-state index contributed by atoms with van der Waals surface area (Å²) in [4.78, 5) is 4.43. The molecule has 4 nitrogen and oxygen atoms in total. The van der Waals surface area contributed by atoms with Gasteiger partial charge in [-0.2, -0.15) is 0 Å². The average Bonchev–Trinajstić information content (AvgIpc) is 2.83. The predicted octanol–water partition coefficient (Wildman–Crippen LogP) is 2.83. The SMILES string of the molecule is COc1cccc(Cn2ccnc2CNC(C)(C)C)c1. The Morgan fingerprint density at radius 2 is 2.10 bits per heavy atom. The Bertz CT molecular complexity index is 555. The molecule has 108 valence electrons. The number of nitrogens with one attached hydrogen (secondary N) is 1. The van der Waals surface area contributed by atoms with Crippen molar-refractivity contribution in [2.24, 2.45) is 0 Å². The molecule has 0 aliphatic rings. The molecule has 0 bridgehead atoms. The van der Waals surface area contributed by atoms with Crippen LogP contribution in [0, 0.1) is 0 Å². The van der Waals surface area contributed by atoms with Crippen LogP contribution in [0.5, 0.6) is 5.75 Å². The van der Waals surface area contributed by atoms with Crippen molar-refractivity contribution in [1.29, 1.82) is 0 Å². The first-order valence-corrected chi connectivity index (χ1v) is 6.86. The summed E-state index contributed by atoms with van der Waals surface area (Å²) in [6.45, 7) is 8.03. The van der Waals surface area contributed by atoms with Crippen molar-refractivity contribution in [1.82, 2.24) is 14.9 Å². The topological polar surface area (TPSA) is 39.1 Å². The summed E-state index contributed by atoms with van der Waals surface area (Å²) in [5.74, 6) is 1.93. The number of ether oxygens (including phenoxy) is 1. The lowest BCUT2D eigenvalue weighted by molar-refractivity contribution is 0.411. The van der Waals surface area contributed by atoms with E-state index in [4.69, 9.17) is 4.74 Å². The van der Waals surface area contributed by atoms with E-state index in [1.807, 2.05) is 24.5 Å². The van der Waals surface area contributed by atoms with Crippen LogP contribution in [0.3, 0.4) is 0 Å². The third kappa shape index (κ3) is 4.10. The van der Waals surface area contributed by atoms with E-state index in [1.165, 1.54) is 5.56 Å². The van der Waals surface area contributed by atoms with Crippen molar-refractivity contribution < 1.29 is 4.74 Å². The van der Waals surface area contributed by atoms with E-state index in [2.05, 4.69) is 47.8 Å². The molecule has 4 heteroatoms. The summed E-state index contributed by atoms with van der Waals surface area (Å²) in [7, 11) is 1.69. The fourth-order valence-corrected chi connectivity index (χ4v) is 1.96. The second-order valence-electron chi connectivity index (χ2n) is 5.93. The van der Waals surface area contributed by atoms with Crippen LogP contribution in [-0.4, -0.2) is 22.2 Å². The molecule has 0 atom stereocenters. The van der Waals surface area contributed by atoms with Gasteiger partial charge >= 0.3 is 0 Å². The minimum atomic E-state index is 0.0900. The molecule has 0 unspecified atom stereocenters. The average molecular weight is 273 g/mol. The molecule has 0 amide bonds. The van der Waals surface area contributed by atoms with Gasteiger partial charge in [-0.05, 0) is 38.5 Å². The van der Waals surface area contributed by atoms with E-state index in [0.717, 1.165) is 24.7 Å². The zero-order chi connectivity index (χ0) is 14.6. The number of nitrogens with zero attached hydrogens (tertiary/aromatic N) is 2. The molecule has 2 rings (SSSR count). The Morgan fingerprint density at radius 1 is 1.30 bits per heavy atom. The Kier molecular flexibility index (Phi) is 4.45. The van der Waals surface area contributed by atoms with Gasteiger partial charge in [-0.15, -0.1) is 0 Å². The molecule has 0 fully saturated rings. The summed E-state index contributed by atoms with van der Waals surface area (Å²) in [5, 5.41) is 3.46. The minimum Gasteiger partial charge on any atom is -0.497 e. The standard InChI is InChI=1S/C16H23N3O/c1-16(2,3)18-11-15-17-8-9-19(15)12-13-6-5-7-14(10-13)20-4/h5-10,18H,11-12H2,1-4H3. The van der Waals surface area contributed by atoms with E-state index < -0.39 is 0 Å². The lowest BCUT2D eigenvalue weighted by Crippen LogP contribution is -2.36. The van der Waals surface area contributed by atoms with Crippen LogP contribution >= 0.6 is 0 Å². The van der Waals surface area contributed by atoms with Crippen LogP contribution in [0.2, 0.25) is 0 Å². The maximum Gasteiger partial charge on any atom is 0.122 e. The number of hydrogen-bond acceptors (Lipinski definition) is 3. The second kappa shape index (κ2) is 6.09. The second-order valence-corrected chi connectivity index (χ2v) is 5.93. The molecule has 1 aromatic heterocycles. The highest BCUT2D eigenvalue weighted by Crippen LogP contribution is 2.14. The molecule has 1 heterocycles. The van der Waals surface area contributed by atoms with Gasteiger partial charge in [-0.1, -0.05) is 12.1 Å². The molecule has 0 spiro atoms. The predicted molar refractivity (Wildman–Crippen MR) is 80.9 cm³/mol. The van der Waals surface area contributed by atoms with Crippen molar-refractivity contribution in [2.45, 2.75) is 39.4 Å². The fraction of sp³-hybridized carbons (Fsp3) is 0.438. The van der Waals surface area contributed by atoms with E-state index in [-0.39, 0.29) is 5.54 Å². The van der Waals surface area contributed by atoms with E-state index in [1.54, 1.807) is 7.11 Å². The Balaban J connectivity index is 2.08. The molecule has 1 aromatic carbocycles. The van der Waals surface area contributed by atoms with Crippen molar-refractivity contribution in [2.75, 3.05) is 7.11 Å². The largest absolute Gasteiger partial charge is 0.497 e. The number of imidazole rings is 1. The molecule has 20 heavy (non-hydrogen) atoms. The lowest BCUT2D eigenvalue weighted by Gasteiger charge is -2.20. The van der Waals surface area contributed by atoms with Gasteiger partial charge in [0.2, 0.25) is 0 Å². The van der Waals surface area contributed by atoms with Crippen LogP contribution in [0.1, 0.15) is 32.2 Å². The van der Waals surface area contributed by atoms with Gasteiger partial charge in [-0.25, -0.2) is 4.98 Å². The molecule has 0 radical (unpaired) electrons. The fourth-order valence-electron chi connectivity index (χ4n) is 1.96. The van der Waals surface area contributed by atoms with Crippen molar-refractivity contribution >= 4 is 0 Å². The maximum atomic E-state index is 5.26. The van der Waals surface area contributed by atoms with Gasteiger partial charge in [0.15, 0.2) is 0 Å². The third-order valence-electron chi connectivity index (χ3n) is 3.07. The molecular weight excluding hydrogens is 250 g/mol. The van der Waals surface area contributed by atoms with Crippen LogP contribution in [0.4, 0.5) is 0 Å². The molecule has 0 aliphatic carbocycles. The molecule has 0 saturated heterocycles. The summed E-state index contributed by atoms with van der Waals surface area (Å²) >= 11 is 0. The third-order valence-corrected chi connectivity index (χ3v) is 3.07. The van der Waals surface area contributed by atoms with E-state index >= 15 is 0 Å². The van der Waals surface area contributed by atoms with E-state index in [9.17, 15) is 0 Å². The van der Waals surface area contributed by atoms with Gasteiger partial charge in [0.1, 0.15) is 11.6 Å². The first kappa shape index (κ1) is 14.6. The lowest BCUT2D eigenvalue weighted by atomic mass is 10.1. The van der Waals surface area contributed by atoms with Gasteiger partial charge < -0.3 is 14.6 Å². The molecule has 2 aromatic rings. The molecular formula is C16H23N3O. The quantitative estimate of drug-likeness (QED) is 0.910. The Labute approximate surface area is 120 Å². The van der Waals surface area contributed by atoms with Gasteiger partial charge in [0.05, 0.1) is 13.7 Å². The van der Waals surface area contributed by atoms with Crippen LogP contribution in [-0.2, 0) is 13.1 Å². The van der Waals surface area contributed by atoms with Crippen molar-refractivity contribution in [3.05, 3.63) is 48.0 Å². The number of aromatic nitrogens is 2. The van der Waals surface area contributed by atoms with Gasteiger partial charge in [0, 0.05) is 24.5 Å². The van der Waals surface area contributed by atoms with Crippen molar-refractivity contribution in [3.8, 4) is 5.75 Å². The Morgan fingerprint density at radius 3 is 2.80 bits per heavy atom. The zero-order valence-corrected chi connectivity index (χ0v) is 12.7. The Hall–Kier alpha value is -1.81. The number of hydrogen-bond donors (Lipinski definition) is 1. The summed E-state index contributed by atoms with van der Waals surface area (Å²) in [6, 6.07) is 8.13. The minimum absolute atomic E-state index is 0.0900. The van der Waals surface area contributed by atoms with Crippen LogP contribution in [0.25, 0.3) is 0 Å². The zero-order valence-electron chi connectivity index (χ0n) is 12.7. The number of benzene rings is 1. The molecule has 0 aliphatic heterocycles. The number of methoxy groups -OCH3 is 1. The highest BCUT2D eigenvalue weighted by molar-refractivity contribution is 5.28. The summed E-state index contributed by atoms with van der Waals surface area (Å²) in [5.41, 5.74) is 1.30. The van der Waals surface area contributed by atoms with Crippen molar-refractivity contribution in [3.63, 3.8) is 0 Å². The summed E-state index contributed by atoms with van der Waals surface area (Å²) < 4.78 is 7.42. The maximum absolute atomic E-state index is 5.26. The first-order chi connectivity index (χ1) is 9.48. The number of rotatable bonds is 5. The normalized spacial score (nSPS) is 11.6. The highest BCUT2D eigenvalue weighted by atomic mass is 16.5. The van der Waals surface area contributed by atoms with Crippen LogP contribution < -0.4 is 10.1 Å². The molecule has 0 saturated carbocycles. The van der Waals surface area contributed by atoms with Gasteiger partial charge in [-0.3, -0.25) is 0 Å². The highest BCUT2D eigenvalue weighted by Gasteiger charge is 2.11. The smallest absolute Gasteiger partial charge is 0.122 e. The van der Waals surface area contributed by atoms with Crippen LogP contribution in [0.15, 0.2) is 36.7 Å². The van der Waals surface area contributed by atoms with E-state index in [0.29, 0.717) is 0 Å². The van der Waals surface area contributed by atoms with Gasteiger partial charge in [0.25, 0.3) is 0 Å². The first-order valence-electron chi connectivity index (χ1n) is 6.86. The monoisotopic (exact) mass is 273 g/mol. The molecule has 1 N–H and O–H groups in total.